The fraction of sp³-hybridized carbons (Fsp3) is 1.00. The average Bonchev–Trinajstić information content (AvgIpc) is 2.77. The first-order chi connectivity index (χ1) is 5.26. The second-order valence-corrected chi connectivity index (χ2v) is 4.24. The Hall–Kier alpha value is -0.0800. The molecule has 1 aliphatic heterocycles. The van der Waals surface area contributed by atoms with E-state index in [2.05, 4.69) is 6.92 Å². The Bertz CT molecular complexity index is 156. The minimum absolute atomic E-state index is 0.293. The zero-order valence-electron chi connectivity index (χ0n) is 7.18. The molecule has 0 radical (unpaired) electrons. The Morgan fingerprint density at radius 1 is 1.55 bits per heavy atom. The van der Waals surface area contributed by atoms with Gasteiger partial charge in [0.15, 0.2) is 0 Å². The molecule has 0 aromatic heterocycles. The molecule has 1 saturated heterocycles. The van der Waals surface area contributed by atoms with E-state index in [0.717, 1.165) is 25.5 Å². The van der Waals surface area contributed by atoms with Crippen molar-refractivity contribution in [2.75, 3.05) is 13.2 Å². The maximum absolute atomic E-state index is 5.74. The highest BCUT2D eigenvalue weighted by molar-refractivity contribution is 4.97. The van der Waals surface area contributed by atoms with Gasteiger partial charge in [0, 0.05) is 18.6 Å². The molecule has 11 heavy (non-hydrogen) atoms. The first kappa shape index (κ1) is 7.56. The van der Waals surface area contributed by atoms with Gasteiger partial charge in [-0.25, -0.2) is 0 Å². The predicted molar refractivity (Wildman–Crippen MR) is 44.2 cm³/mol. The highest BCUT2D eigenvalue weighted by Gasteiger charge is 2.47. The lowest BCUT2D eigenvalue weighted by atomic mass is 9.81. The van der Waals surface area contributed by atoms with Crippen LogP contribution in [-0.2, 0) is 4.74 Å². The molecule has 1 saturated carbocycles. The van der Waals surface area contributed by atoms with Crippen molar-refractivity contribution in [3.8, 4) is 0 Å². The topological polar surface area (TPSA) is 35.2 Å². The summed E-state index contributed by atoms with van der Waals surface area (Å²) < 4.78 is 5.70. The molecule has 2 nitrogen and oxygen atoms in total. The van der Waals surface area contributed by atoms with Gasteiger partial charge in [-0.15, -0.1) is 0 Å². The van der Waals surface area contributed by atoms with Crippen LogP contribution in [0.3, 0.4) is 0 Å². The van der Waals surface area contributed by atoms with Crippen molar-refractivity contribution in [3.63, 3.8) is 0 Å². The van der Waals surface area contributed by atoms with Crippen LogP contribution < -0.4 is 5.73 Å². The summed E-state index contributed by atoms with van der Waals surface area (Å²) >= 11 is 0. The van der Waals surface area contributed by atoms with Crippen molar-refractivity contribution in [3.05, 3.63) is 0 Å². The molecule has 2 aliphatic rings. The van der Waals surface area contributed by atoms with Crippen molar-refractivity contribution in [1.29, 1.82) is 0 Å². The van der Waals surface area contributed by atoms with Crippen molar-refractivity contribution in [1.82, 2.24) is 0 Å². The first-order valence-corrected chi connectivity index (χ1v) is 4.58. The molecule has 2 heteroatoms. The van der Waals surface area contributed by atoms with Gasteiger partial charge in [-0.3, -0.25) is 0 Å². The molecule has 64 valence electrons. The van der Waals surface area contributed by atoms with Gasteiger partial charge in [0.2, 0.25) is 0 Å². The fourth-order valence-corrected chi connectivity index (χ4v) is 2.08. The van der Waals surface area contributed by atoms with Crippen LogP contribution in [0.2, 0.25) is 0 Å². The van der Waals surface area contributed by atoms with Crippen LogP contribution in [0.4, 0.5) is 0 Å². The van der Waals surface area contributed by atoms with Crippen molar-refractivity contribution in [2.45, 2.75) is 32.3 Å². The summed E-state index contributed by atoms with van der Waals surface area (Å²) in [6.45, 7) is 3.98. The second-order valence-electron chi connectivity index (χ2n) is 4.24. The lowest BCUT2D eigenvalue weighted by Crippen LogP contribution is -2.36. The van der Waals surface area contributed by atoms with E-state index in [-0.39, 0.29) is 0 Å². The molecule has 0 bridgehead atoms. The van der Waals surface area contributed by atoms with E-state index in [4.69, 9.17) is 10.5 Å². The second kappa shape index (κ2) is 2.46. The maximum atomic E-state index is 5.74. The van der Waals surface area contributed by atoms with Crippen LogP contribution >= 0.6 is 0 Å². The highest BCUT2D eigenvalue weighted by Crippen LogP contribution is 2.46. The molecule has 1 aliphatic carbocycles. The largest absolute Gasteiger partial charge is 0.377 e. The third-order valence-corrected chi connectivity index (χ3v) is 3.17. The summed E-state index contributed by atoms with van der Waals surface area (Å²) in [4.78, 5) is 0. The molecule has 0 unspecified atom stereocenters. The zero-order chi connectivity index (χ0) is 7.90. The Morgan fingerprint density at radius 3 is 2.82 bits per heavy atom. The van der Waals surface area contributed by atoms with E-state index >= 15 is 0 Å². The number of rotatable bonds is 2. The predicted octanol–water partition coefficient (Wildman–Crippen LogP) is 1.15. The SMILES string of the molecule is C[C@@]1(CN)CCO[C@@H]1C1CC1. The Kier molecular flexibility index (Phi) is 1.69. The molecular weight excluding hydrogens is 138 g/mol. The van der Waals surface area contributed by atoms with Gasteiger partial charge >= 0.3 is 0 Å². The summed E-state index contributed by atoms with van der Waals surface area (Å²) in [7, 11) is 0. The normalized spacial score (nSPS) is 44.7. The molecule has 2 fully saturated rings. The lowest BCUT2D eigenvalue weighted by Gasteiger charge is -2.28. The van der Waals surface area contributed by atoms with Crippen LogP contribution in [-0.4, -0.2) is 19.3 Å². The van der Waals surface area contributed by atoms with E-state index in [9.17, 15) is 0 Å². The number of ether oxygens (including phenoxy) is 1. The number of hydrogen-bond donors (Lipinski definition) is 1. The Morgan fingerprint density at radius 2 is 2.27 bits per heavy atom. The highest BCUT2D eigenvalue weighted by atomic mass is 16.5. The molecule has 2 atom stereocenters. The summed E-state index contributed by atoms with van der Waals surface area (Å²) in [5.41, 5.74) is 6.04. The van der Waals surface area contributed by atoms with Crippen molar-refractivity contribution < 1.29 is 4.74 Å². The molecule has 1 heterocycles. The maximum Gasteiger partial charge on any atom is 0.0669 e. The van der Waals surface area contributed by atoms with Gasteiger partial charge in [0.25, 0.3) is 0 Å². The molecule has 0 amide bonds. The summed E-state index contributed by atoms with van der Waals surface area (Å²) in [5, 5.41) is 0. The molecule has 0 aromatic rings. The zero-order valence-corrected chi connectivity index (χ0v) is 7.18. The molecule has 0 aromatic carbocycles. The fourth-order valence-electron chi connectivity index (χ4n) is 2.08. The van der Waals surface area contributed by atoms with Gasteiger partial charge in [-0.2, -0.15) is 0 Å². The Balaban J connectivity index is 2.05. The third-order valence-electron chi connectivity index (χ3n) is 3.17. The standard InChI is InChI=1S/C9H17NO/c1-9(6-10)4-5-11-8(9)7-2-3-7/h7-8H,2-6,10H2,1H3/t8-,9+/m1/s1. The monoisotopic (exact) mass is 155 g/mol. The van der Waals surface area contributed by atoms with Crippen LogP contribution in [0, 0.1) is 11.3 Å². The van der Waals surface area contributed by atoms with E-state index in [1.54, 1.807) is 0 Å². The average molecular weight is 155 g/mol. The van der Waals surface area contributed by atoms with Crippen LogP contribution in [0.1, 0.15) is 26.2 Å². The van der Waals surface area contributed by atoms with Crippen molar-refractivity contribution in [2.24, 2.45) is 17.1 Å². The third kappa shape index (κ3) is 1.18. The van der Waals surface area contributed by atoms with Gasteiger partial charge in [0.1, 0.15) is 0 Å². The molecule has 0 spiro atoms. The minimum atomic E-state index is 0.293. The summed E-state index contributed by atoms with van der Waals surface area (Å²) in [6.07, 6.45) is 4.36. The Labute approximate surface area is 68.1 Å². The van der Waals surface area contributed by atoms with Gasteiger partial charge in [-0.05, 0) is 25.2 Å². The molecule has 2 N–H and O–H groups in total. The molecule has 2 rings (SSSR count). The van der Waals surface area contributed by atoms with Crippen LogP contribution in [0.25, 0.3) is 0 Å². The lowest BCUT2D eigenvalue weighted by molar-refractivity contribution is 0.0423. The summed E-state index contributed by atoms with van der Waals surface area (Å²) in [5.74, 6) is 0.839. The van der Waals surface area contributed by atoms with E-state index in [1.807, 2.05) is 0 Å². The summed E-state index contributed by atoms with van der Waals surface area (Å²) in [6, 6.07) is 0. The van der Waals surface area contributed by atoms with Crippen molar-refractivity contribution >= 4 is 0 Å². The van der Waals surface area contributed by atoms with E-state index < -0.39 is 0 Å². The number of hydrogen-bond acceptors (Lipinski definition) is 2. The smallest absolute Gasteiger partial charge is 0.0669 e. The van der Waals surface area contributed by atoms with Gasteiger partial charge in [-0.1, -0.05) is 6.92 Å². The first-order valence-electron chi connectivity index (χ1n) is 4.58. The minimum Gasteiger partial charge on any atom is -0.377 e. The van der Waals surface area contributed by atoms with Gasteiger partial charge < -0.3 is 10.5 Å². The quantitative estimate of drug-likeness (QED) is 0.649. The molecular formula is C9H17NO. The van der Waals surface area contributed by atoms with Crippen LogP contribution in [0.5, 0.6) is 0 Å². The van der Waals surface area contributed by atoms with E-state index in [0.29, 0.717) is 11.5 Å². The van der Waals surface area contributed by atoms with Crippen LogP contribution in [0.15, 0.2) is 0 Å². The van der Waals surface area contributed by atoms with E-state index in [1.165, 1.54) is 12.8 Å². The van der Waals surface area contributed by atoms with Gasteiger partial charge in [0.05, 0.1) is 6.10 Å². The number of nitrogens with two attached hydrogens (primary N) is 1.